The molecule has 2 aliphatic heterocycles. The molecule has 3 nitrogen and oxygen atoms in total. The van der Waals surface area contributed by atoms with Crippen molar-refractivity contribution >= 4 is 9.84 Å². The highest BCUT2D eigenvalue weighted by atomic mass is 32.2. The molecule has 5 heteroatoms. The fourth-order valence-corrected chi connectivity index (χ4v) is 3.97. The fourth-order valence-electron chi connectivity index (χ4n) is 1.84. The maximum atomic E-state index is 13.1. The van der Waals surface area contributed by atoms with Gasteiger partial charge in [0.25, 0.3) is 0 Å². The van der Waals surface area contributed by atoms with Crippen LogP contribution in [0.1, 0.15) is 0 Å². The Morgan fingerprint density at radius 3 is 2.64 bits per heavy atom. The van der Waals surface area contributed by atoms with Crippen LogP contribution in [0.15, 0.2) is 0 Å². The monoisotopic (exact) mass is 179 g/mol. The first-order valence-corrected chi connectivity index (χ1v) is 5.39. The van der Waals surface area contributed by atoms with Crippen LogP contribution < -0.4 is 5.32 Å². The number of sulfone groups is 1. The van der Waals surface area contributed by atoms with Crippen LogP contribution in [0.2, 0.25) is 0 Å². The molecule has 0 amide bonds. The summed E-state index contributed by atoms with van der Waals surface area (Å²) >= 11 is 0. The quantitative estimate of drug-likeness (QED) is 0.537. The second kappa shape index (κ2) is 2.17. The molecule has 3 unspecified atom stereocenters. The number of hydrogen-bond acceptors (Lipinski definition) is 3. The Hall–Kier alpha value is -0.160. The number of hydrogen-bond donors (Lipinski definition) is 1. The molecular weight excluding hydrogens is 169 g/mol. The molecular formula is C6H10FNO2S. The van der Waals surface area contributed by atoms with Crippen molar-refractivity contribution in [3.63, 3.8) is 0 Å². The van der Waals surface area contributed by atoms with Gasteiger partial charge in [0.15, 0.2) is 9.84 Å². The standard InChI is InChI=1S/C6H10FNO2S/c7-6-4-1-8-2-5(6)11(9,10)3-4/h4-6,8H,1-3H2. The van der Waals surface area contributed by atoms with Gasteiger partial charge in [0.05, 0.1) is 5.75 Å². The summed E-state index contributed by atoms with van der Waals surface area (Å²) in [4.78, 5) is 0. The number of alkyl halides is 1. The molecule has 2 fully saturated rings. The molecule has 11 heavy (non-hydrogen) atoms. The molecule has 0 radical (unpaired) electrons. The molecule has 2 saturated heterocycles. The molecule has 0 aliphatic carbocycles. The molecule has 0 aromatic heterocycles. The number of nitrogens with one attached hydrogen (secondary N) is 1. The lowest BCUT2D eigenvalue weighted by atomic mass is 10.0. The second-order valence-corrected chi connectivity index (χ2v) is 5.50. The Morgan fingerprint density at radius 1 is 1.36 bits per heavy atom. The van der Waals surface area contributed by atoms with Gasteiger partial charge in [-0.2, -0.15) is 0 Å². The Labute approximate surface area is 64.9 Å². The predicted molar refractivity (Wildman–Crippen MR) is 38.8 cm³/mol. The third-order valence-corrected chi connectivity index (χ3v) is 4.71. The summed E-state index contributed by atoms with van der Waals surface area (Å²) < 4.78 is 35.5. The van der Waals surface area contributed by atoms with Gasteiger partial charge in [-0.3, -0.25) is 0 Å². The average Bonchev–Trinajstić information content (AvgIpc) is 2.11. The van der Waals surface area contributed by atoms with Crippen LogP contribution in [0.3, 0.4) is 0 Å². The first-order valence-electron chi connectivity index (χ1n) is 3.67. The maximum Gasteiger partial charge on any atom is 0.157 e. The van der Waals surface area contributed by atoms with Gasteiger partial charge in [0.1, 0.15) is 11.4 Å². The molecule has 2 rings (SSSR count). The van der Waals surface area contributed by atoms with Gasteiger partial charge in [0.2, 0.25) is 0 Å². The smallest absolute Gasteiger partial charge is 0.157 e. The summed E-state index contributed by atoms with van der Waals surface area (Å²) in [7, 11) is -3.11. The summed E-state index contributed by atoms with van der Waals surface area (Å²) in [5, 5.41) is 2.15. The minimum atomic E-state index is -3.11. The van der Waals surface area contributed by atoms with E-state index in [1.165, 1.54) is 0 Å². The zero-order valence-corrected chi connectivity index (χ0v) is 6.77. The van der Waals surface area contributed by atoms with Crippen molar-refractivity contribution in [2.75, 3.05) is 18.8 Å². The lowest BCUT2D eigenvalue weighted by Gasteiger charge is -2.21. The molecule has 1 N–H and O–H groups in total. The van der Waals surface area contributed by atoms with Gasteiger partial charge >= 0.3 is 0 Å². The zero-order valence-electron chi connectivity index (χ0n) is 5.96. The van der Waals surface area contributed by atoms with Crippen molar-refractivity contribution < 1.29 is 12.8 Å². The highest BCUT2D eigenvalue weighted by molar-refractivity contribution is 7.92. The first-order chi connectivity index (χ1) is 5.11. The zero-order chi connectivity index (χ0) is 8.06. The van der Waals surface area contributed by atoms with E-state index in [1.807, 2.05) is 0 Å². The minimum absolute atomic E-state index is 0.0336. The summed E-state index contributed by atoms with van der Waals surface area (Å²) in [5.74, 6) is -0.259. The van der Waals surface area contributed by atoms with E-state index >= 15 is 0 Å². The summed E-state index contributed by atoms with van der Waals surface area (Å²) in [6, 6.07) is 0. The van der Waals surface area contributed by atoms with Crippen LogP contribution in [0.4, 0.5) is 4.39 Å². The van der Waals surface area contributed by atoms with Crippen molar-refractivity contribution in [2.45, 2.75) is 11.4 Å². The average molecular weight is 179 g/mol. The van der Waals surface area contributed by atoms with Crippen molar-refractivity contribution in [2.24, 2.45) is 5.92 Å². The first kappa shape index (κ1) is 7.49. The van der Waals surface area contributed by atoms with Crippen LogP contribution >= 0.6 is 0 Å². The maximum absolute atomic E-state index is 13.1. The van der Waals surface area contributed by atoms with Gasteiger partial charge in [-0.15, -0.1) is 0 Å². The van der Waals surface area contributed by atoms with Crippen LogP contribution in [-0.4, -0.2) is 38.7 Å². The van der Waals surface area contributed by atoms with E-state index in [0.29, 0.717) is 13.1 Å². The van der Waals surface area contributed by atoms with Crippen LogP contribution in [0.25, 0.3) is 0 Å². The highest BCUT2D eigenvalue weighted by Gasteiger charge is 2.49. The van der Waals surface area contributed by atoms with Crippen LogP contribution in [0.5, 0.6) is 0 Å². The predicted octanol–water partition coefficient (Wildman–Crippen LogP) is -0.659. The SMILES string of the molecule is O=S1(=O)CC2CNCC1C2F. The number of halogens is 1. The third kappa shape index (κ3) is 0.980. The highest BCUT2D eigenvalue weighted by Crippen LogP contribution is 2.30. The second-order valence-electron chi connectivity index (χ2n) is 3.23. The Morgan fingerprint density at radius 2 is 2.09 bits per heavy atom. The molecule has 0 aromatic rings. The van der Waals surface area contributed by atoms with Crippen molar-refractivity contribution in [3.8, 4) is 0 Å². The van der Waals surface area contributed by atoms with Crippen LogP contribution in [0, 0.1) is 5.92 Å². The van der Waals surface area contributed by atoms with E-state index in [9.17, 15) is 12.8 Å². The van der Waals surface area contributed by atoms with E-state index in [2.05, 4.69) is 5.32 Å². The molecule has 64 valence electrons. The van der Waals surface area contributed by atoms with E-state index in [1.54, 1.807) is 0 Å². The molecule has 0 spiro atoms. The Bertz CT molecular complexity index is 264. The number of piperidine rings is 1. The van der Waals surface area contributed by atoms with E-state index in [0.717, 1.165) is 0 Å². The van der Waals surface area contributed by atoms with E-state index < -0.39 is 21.3 Å². The minimum Gasteiger partial charge on any atom is -0.315 e. The summed E-state index contributed by atoms with van der Waals surface area (Å²) in [6.45, 7) is 0.802. The third-order valence-electron chi connectivity index (χ3n) is 2.47. The summed E-state index contributed by atoms with van der Waals surface area (Å²) in [5.41, 5.74) is 0. The van der Waals surface area contributed by atoms with Crippen LogP contribution in [-0.2, 0) is 9.84 Å². The normalized spacial score (nSPS) is 47.5. The Kier molecular flexibility index (Phi) is 1.47. The van der Waals surface area contributed by atoms with E-state index in [-0.39, 0.29) is 11.7 Å². The number of fused-ring (bicyclic) bond motifs is 2. The van der Waals surface area contributed by atoms with E-state index in [4.69, 9.17) is 0 Å². The summed E-state index contributed by atoms with van der Waals surface area (Å²) in [6.07, 6.45) is -1.12. The lowest BCUT2D eigenvalue weighted by molar-refractivity contribution is 0.216. The van der Waals surface area contributed by atoms with Gasteiger partial charge in [-0.25, -0.2) is 12.8 Å². The molecule has 0 saturated carbocycles. The lowest BCUT2D eigenvalue weighted by Crippen LogP contribution is -2.44. The number of rotatable bonds is 0. The molecule has 2 bridgehead atoms. The van der Waals surface area contributed by atoms with Crippen molar-refractivity contribution in [1.82, 2.24) is 5.32 Å². The molecule has 2 heterocycles. The molecule has 2 aliphatic rings. The van der Waals surface area contributed by atoms with Crippen molar-refractivity contribution in [3.05, 3.63) is 0 Å². The van der Waals surface area contributed by atoms with Gasteiger partial charge in [-0.1, -0.05) is 0 Å². The fraction of sp³-hybridized carbons (Fsp3) is 1.00. The topological polar surface area (TPSA) is 46.2 Å². The molecule has 3 atom stereocenters. The molecule has 0 aromatic carbocycles. The Balaban J connectivity index is 2.37. The van der Waals surface area contributed by atoms with Gasteiger partial charge < -0.3 is 5.32 Å². The van der Waals surface area contributed by atoms with Gasteiger partial charge in [0, 0.05) is 19.0 Å². The largest absolute Gasteiger partial charge is 0.315 e. The van der Waals surface area contributed by atoms with Gasteiger partial charge in [-0.05, 0) is 0 Å². The van der Waals surface area contributed by atoms with Crippen molar-refractivity contribution in [1.29, 1.82) is 0 Å².